The van der Waals surface area contributed by atoms with Crippen LogP contribution in [0.5, 0.6) is 5.75 Å². The van der Waals surface area contributed by atoms with Gasteiger partial charge in [-0.1, -0.05) is 194 Å². The Morgan fingerprint density at radius 2 is 0.692 bits per heavy atom. The number of halogens is 1. The van der Waals surface area contributed by atoms with Crippen LogP contribution in [0, 0.1) is 26.7 Å². The Bertz CT molecular complexity index is 6840. The number of benzene rings is 7. The lowest BCUT2D eigenvalue weighted by molar-refractivity contribution is -0.122. The van der Waals surface area contributed by atoms with E-state index >= 15 is 0 Å². The molecule has 38 heteroatoms. The van der Waals surface area contributed by atoms with Crippen LogP contribution in [0.2, 0.25) is 0 Å². The highest BCUT2D eigenvalue weighted by atomic mass is 19.1. The lowest BCUT2D eigenvalue weighted by atomic mass is 10.1. The SMILES string of the molecule is Cc1cc(C)c(C(=O)NCCCNC(=O)c2cc(-c3ccccc3)n[nH]2)o1.Cc1cncc(C(=O)NCCCNC(=O)c2cc(-c3ccccc3)n[nH]2)n1.N[C@@H](Cc1cccc(O)c1)C(=O)NCCCNC(=O)c1cc(-c2ccccc2)n[nH]1.O=C(NCCCNC(=O)c1cc(-c2ccccc2)n[nH]1)c1cc(-c2ccccc2)ccn1.O=C(NCCCNC(=O)c1cccnc1F)c1cc(-c2ccccc2)n[nH]1. The molecule has 0 fully saturated rings. The first-order valence-corrected chi connectivity index (χ1v) is 45.9. The molecule has 9 heterocycles. The van der Waals surface area contributed by atoms with Gasteiger partial charge in [-0.15, -0.1) is 0 Å². The number of phenolic OH excluding ortho intramolecular Hbond substituents is 1. The molecule has 143 heavy (non-hydrogen) atoms. The zero-order valence-corrected chi connectivity index (χ0v) is 78.5. The second-order valence-corrected chi connectivity index (χ2v) is 32.1. The van der Waals surface area contributed by atoms with Gasteiger partial charge in [0.1, 0.15) is 51.4 Å². The van der Waals surface area contributed by atoms with Crippen LogP contribution in [-0.2, 0) is 11.2 Å². The number of nitrogens with zero attached hydrogens (tertiary/aromatic N) is 9. The van der Waals surface area contributed by atoms with Gasteiger partial charge in [0.25, 0.3) is 53.2 Å². The molecular formula is C105H108FN25O12. The molecule has 18 N–H and O–H groups in total. The van der Waals surface area contributed by atoms with Gasteiger partial charge in [0.2, 0.25) is 11.9 Å². The minimum absolute atomic E-state index is 0.104. The molecule has 0 spiro atoms. The Morgan fingerprint density at radius 1 is 0.343 bits per heavy atom. The van der Waals surface area contributed by atoms with Gasteiger partial charge >= 0.3 is 0 Å². The number of nitrogens with one attached hydrogen (secondary N) is 15. The van der Waals surface area contributed by atoms with Crippen LogP contribution in [0.15, 0.2) is 296 Å². The van der Waals surface area contributed by atoms with E-state index in [1.54, 1.807) is 86.9 Å². The average molecular weight is 1930 g/mol. The molecule has 16 aromatic rings. The molecule has 9 aromatic heterocycles. The van der Waals surface area contributed by atoms with Crippen molar-refractivity contribution in [2.24, 2.45) is 5.73 Å². The van der Waals surface area contributed by atoms with Crippen LogP contribution in [-0.4, -0.2) is 207 Å². The van der Waals surface area contributed by atoms with Crippen molar-refractivity contribution in [3.63, 3.8) is 0 Å². The summed E-state index contributed by atoms with van der Waals surface area (Å²) < 4.78 is 18.8. The molecule has 0 aliphatic heterocycles. The first-order valence-electron chi connectivity index (χ1n) is 45.9. The van der Waals surface area contributed by atoms with Crippen molar-refractivity contribution >= 4 is 59.1 Å². The number of phenols is 1. The predicted molar refractivity (Wildman–Crippen MR) is 536 cm³/mol. The van der Waals surface area contributed by atoms with E-state index < -0.39 is 17.9 Å². The third-order valence-corrected chi connectivity index (χ3v) is 21.1. The molecule has 0 aliphatic rings. The maximum atomic E-state index is 13.4. The van der Waals surface area contributed by atoms with Crippen LogP contribution in [0.1, 0.15) is 149 Å². The second kappa shape index (κ2) is 54.5. The van der Waals surface area contributed by atoms with Gasteiger partial charge in [0.15, 0.2) is 5.76 Å². The maximum absolute atomic E-state index is 13.4. The summed E-state index contributed by atoms with van der Waals surface area (Å²) in [6.45, 7) is 9.45. The van der Waals surface area contributed by atoms with Gasteiger partial charge in [-0.05, 0) is 149 Å². The van der Waals surface area contributed by atoms with Gasteiger partial charge in [-0.2, -0.15) is 29.9 Å². The molecule has 0 saturated heterocycles. The number of carbonyl (C=O) groups excluding carboxylic acids is 10. The Labute approximate surface area is 821 Å². The number of rotatable bonds is 38. The molecule has 0 aliphatic carbocycles. The number of nitrogens with two attached hydrogens (primary N) is 1. The van der Waals surface area contributed by atoms with E-state index in [2.05, 4.69) is 124 Å². The van der Waals surface area contributed by atoms with Gasteiger partial charge in [0.05, 0.1) is 52.0 Å². The zero-order valence-electron chi connectivity index (χ0n) is 78.5. The molecule has 7 aromatic carbocycles. The van der Waals surface area contributed by atoms with Crippen molar-refractivity contribution in [2.75, 3.05) is 65.4 Å². The van der Waals surface area contributed by atoms with Crippen molar-refractivity contribution in [3.05, 3.63) is 371 Å². The van der Waals surface area contributed by atoms with E-state index in [4.69, 9.17) is 10.2 Å². The Morgan fingerprint density at radius 3 is 1.05 bits per heavy atom. The van der Waals surface area contributed by atoms with E-state index in [1.165, 1.54) is 24.5 Å². The highest BCUT2D eigenvalue weighted by Crippen LogP contribution is 2.25. The summed E-state index contributed by atoms with van der Waals surface area (Å²) in [5, 5.41) is 71.7. The Kier molecular flexibility index (Phi) is 39.5. The highest BCUT2D eigenvalue weighted by molar-refractivity contribution is 5.98. The smallest absolute Gasteiger partial charge is 0.287 e. The Balaban J connectivity index is 0.000000160. The van der Waals surface area contributed by atoms with Gasteiger partial charge < -0.3 is 68.4 Å². The molecule has 0 unspecified atom stereocenters. The Hall–Kier alpha value is -18.4. The van der Waals surface area contributed by atoms with E-state index in [1.807, 2.05) is 201 Å². The van der Waals surface area contributed by atoms with Crippen LogP contribution >= 0.6 is 0 Å². The third kappa shape index (κ3) is 32.9. The van der Waals surface area contributed by atoms with Crippen LogP contribution in [0.4, 0.5) is 4.39 Å². The number of aromatic amines is 5. The fraction of sp³-hybridized carbons (Fsp3) is 0.190. The molecule has 37 nitrogen and oxygen atoms in total. The van der Waals surface area contributed by atoms with Crippen LogP contribution in [0.25, 0.3) is 67.4 Å². The minimum atomic E-state index is -0.809. The van der Waals surface area contributed by atoms with E-state index in [0.29, 0.717) is 178 Å². The fourth-order valence-electron chi connectivity index (χ4n) is 13.8. The molecule has 10 amide bonds. The molecule has 0 radical (unpaired) electrons. The number of hydrogen-bond acceptors (Lipinski definition) is 22. The molecule has 0 saturated carbocycles. The van der Waals surface area contributed by atoms with Crippen molar-refractivity contribution in [3.8, 4) is 73.2 Å². The molecule has 732 valence electrons. The van der Waals surface area contributed by atoms with Gasteiger partial charge in [-0.25, -0.2) is 9.97 Å². The van der Waals surface area contributed by atoms with Crippen molar-refractivity contribution in [2.45, 2.75) is 65.3 Å². The standard InChI is InChI=1S/C25H23N5O2.C22H25N5O3.C20H22N4O3.C19H18FN5O2.C19H20N6O2/c31-24(22-16-20(12-15-26-22)18-8-3-1-4-9-18)27-13-7-14-28-25(32)23-17-21(29-30-23)19-10-5-2-6-11-19;23-18(13-15-6-4-9-17(28)12-15)21(29)24-10-5-11-25-22(30)20-14-19(26-27-20)16-7-2-1-3-8-16;1-13-11-14(2)27-18(13)20(26)22-10-6-9-21-19(25)17-12-16(23-24-17)15-7-4-3-5-8-15;20-17-14(8-4-9-21-17)18(26)22-10-5-11-23-19(27)16-12-15(24-25-16)13-6-2-1-3-7-13;1-13-11-20-12-17(23-13)19(27)22-9-5-8-21-18(26)16-10-15(24-25-16)14-6-3-2-4-7-14/h1-6,8-12,15-17H,7,13-14H2,(H,27,31)(H,28,32)(H,29,30);1-4,6-9,12,14,18,28H,5,10-11,13,23H2,(H,24,29)(H,25,30)(H,26,27);3-5,7-8,11-12H,6,9-10H2,1-2H3,(H,21,25)(H,22,26)(H,23,24);1-4,6-9,12H,5,10-11H2,(H,22,26)(H,23,27)(H,24,25);2-4,6-7,10-12H,5,8-9H2,1H3,(H,21,26)(H,22,27)(H,24,25)/t;18-;;;/m.0.../s1. The highest BCUT2D eigenvalue weighted by Gasteiger charge is 2.21. The largest absolute Gasteiger partial charge is 0.508 e. The van der Waals surface area contributed by atoms with Crippen LogP contribution in [0.3, 0.4) is 0 Å². The minimum Gasteiger partial charge on any atom is -0.508 e. The first kappa shape index (κ1) is 104. The summed E-state index contributed by atoms with van der Waals surface area (Å²) in [5.41, 5.74) is 20.8. The normalized spacial score (nSPS) is 10.7. The lowest BCUT2D eigenvalue weighted by Crippen LogP contribution is -2.42. The summed E-state index contributed by atoms with van der Waals surface area (Å²) in [6.07, 6.45) is 9.11. The molecule has 1 atom stereocenters. The number of aromatic nitrogens is 14. The zero-order chi connectivity index (χ0) is 101. The number of furan rings is 1. The number of carbonyl (C=O) groups is 10. The van der Waals surface area contributed by atoms with Crippen molar-refractivity contribution < 1.29 is 61.9 Å². The van der Waals surface area contributed by atoms with Gasteiger partial charge in [-0.3, -0.25) is 83.4 Å². The predicted octanol–water partition coefficient (Wildman–Crippen LogP) is 12.0. The number of aromatic hydroxyl groups is 1. The topological polar surface area (TPSA) is 545 Å². The summed E-state index contributed by atoms with van der Waals surface area (Å²) in [4.78, 5) is 137. The van der Waals surface area contributed by atoms with Crippen molar-refractivity contribution in [1.29, 1.82) is 0 Å². The quantitative estimate of drug-likeness (QED) is 0.0126. The van der Waals surface area contributed by atoms with Gasteiger partial charge in [0, 0.05) is 117 Å². The van der Waals surface area contributed by atoms with E-state index in [-0.39, 0.29) is 70.2 Å². The average Bonchev–Trinajstić information content (AvgIpc) is 1.07. The number of H-pyrrole nitrogens is 5. The summed E-state index contributed by atoms with van der Waals surface area (Å²) in [7, 11) is 0. The lowest BCUT2D eigenvalue weighted by Gasteiger charge is -2.12. The number of pyridine rings is 2. The number of amides is 10. The van der Waals surface area contributed by atoms with E-state index in [9.17, 15) is 57.4 Å². The number of hydrogen-bond donors (Lipinski definition) is 17. The molecular weight excluding hydrogens is 1820 g/mol. The molecule has 16 rings (SSSR count). The fourth-order valence-corrected chi connectivity index (χ4v) is 13.8. The number of aryl methyl sites for hydroxylation is 3. The maximum Gasteiger partial charge on any atom is 0.287 e. The second-order valence-electron chi connectivity index (χ2n) is 32.1. The summed E-state index contributed by atoms with van der Waals surface area (Å²) >= 11 is 0. The van der Waals surface area contributed by atoms with Crippen molar-refractivity contribution in [1.82, 2.24) is 124 Å². The summed E-state index contributed by atoms with van der Waals surface area (Å²) in [6, 6.07) is 80.6. The summed E-state index contributed by atoms with van der Waals surface area (Å²) in [5.74, 6) is -2.42. The third-order valence-electron chi connectivity index (χ3n) is 21.1. The molecule has 0 bridgehead atoms. The first-order chi connectivity index (χ1) is 69.5. The van der Waals surface area contributed by atoms with E-state index in [0.717, 1.165) is 55.8 Å². The van der Waals surface area contributed by atoms with Crippen LogP contribution < -0.4 is 58.9 Å². The monoisotopic (exact) mass is 1930 g/mol.